The van der Waals surface area contributed by atoms with Gasteiger partial charge in [0.2, 0.25) is 0 Å². The standard InChI is InChI=1S/C14H15F2NO/c1-8-3-5-11(15)13(14(8)16)12-6-4-10(18-12)7-9(2)17/h3-6,9H,7,17H2,1-2H3. The zero-order valence-corrected chi connectivity index (χ0v) is 10.3. The molecule has 0 radical (unpaired) electrons. The molecule has 0 saturated carbocycles. The summed E-state index contributed by atoms with van der Waals surface area (Å²) in [5.74, 6) is -0.388. The molecule has 2 nitrogen and oxygen atoms in total. The topological polar surface area (TPSA) is 39.2 Å². The summed E-state index contributed by atoms with van der Waals surface area (Å²) in [5, 5.41) is 0. The molecule has 0 aliphatic rings. The molecule has 1 aromatic carbocycles. The Morgan fingerprint density at radius 3 is 2.61 bits per heavy atom. The molecule has 96 valence electrons. The molecule has 1 atom stereocenters. The van der Waals surface area contributed by atoms with Crippen molar-refractivity contribution in [3.8, 4) is 11.3 Å². The van der Waals surface area contributed by atoms with Crippen LogP contribution in [0.2, 0.25) is 0 Å². The largest absolute Gasteiger partial charge is 0.461 e. The molecule has 0 amide bonds. The second-order valence-electron chi connectivity index (χ2n) is 4.50. The Kier molecular flexibility index (Phi) is 3.48. The quantitative estimate of drug-likeness (QED) is 0.907. The lowest BCUT2D eigenvalue weighted by molar-refractivity contribution is 0.493. The van der Waals surface area contributed by atoms with Crippen LogP contribution in [0, 0.1) is 18.6 Å². The minimum atomic E-state index is -0.625. The predicted octanol–water partition coefficient (Wildman–Crippen LogP) is 3.42. The van der Waals surface area contributed by atoms with Crippen LogP contribution in [0.4, 0.5) is 8.78 Å². The molecule has 2 rings (SSSR count). The number of aryl methyl sites for hydroxylation is 1. The zero-order chi connectivity index (χ0) is 13.3. The van der Waals surface area contributed by atoms with E-state index in [-0.39, 0.29) is 17.4 Å². The number of hydrogen-bond donors (Lipinski definition) is 1. The average molecular weight is 251 g/mol. The van der Waals surface area contributed by atoms with E-state index in [1.807, 2.05) is 6.92 Å². The fraction of sp³-hybridized carbons (Fsp3) is 0.286. The first-order chi connectivity index (χ1) is 8.49. The van der Waals surface area contributed by atoms with Crippen LogP contribution < -0.4 is 5.73 Å². The molecule has 0 saturated heterocycles. The molecule has 4 heteroatoms. The Morgan fingerprint density at radius 2 is 1.94 bits per heavy atom. The monoisotopic (exact) mass is 251 g/mol. The van der Waals surface area contributed by atoms with Crippen LogP contribution in [-0.4, -0.2) is 6.04 Å². The van der Waals surface area contributed by atoms with Crippen molar-refractivity contribution in [2.24, 2.45) is 5.73 Å². The summed E-state index contributed by atoms with van der Waals surface area (Å²) in [6.45, 7) is 3.43. The van der Waals surface area contributed by atoms with Crippen LogP contribution in [0.25, 0.3) is 11.3 Å². The average Bonchev–Trinajstić information content (AvgIpc) is 2.71. The van der Waals surface area contributed by atoms with Gasteiger partial charge in [0.25, 0.3) is 0 Å². The first kappa shape index (κ1) is 12.8. The van der Waals surface area contributed by atoms with Crippen LogP contribution >= 0.6 is 0 Å². The van der Waals surface area contributed by atoms with E-state index in [4.69, 9.17) is 10.2 Å². The second-order valence-corrected chi connectivity index (χ2v) is 4.50. The molecular weight excluding hydrogens is 236 g/mol. The van der Waals surface area contributed by atoms with Gasteiger partial charge in [-0.25, -0.2) is 8.78 Å². The van der Waals surface area contributed by atoms with E-state index in [9.17, 15) is 8.78 Å². The van der Waals surface area contributed by atoms with Gasteiger partial charge in [0, 0.05) is 12.5 Å². The minimum Gasteiger partial charge on any atom is -0.461 e. The molecule has 0 bridgehead atoms. The predicted molar refractivity (Wildman–Crippen MR) is 66.2 cm³/mol. The minimum absolute atomic E-state index is 0.0591. The molecule has 18 heavy (non-hydrogen) atoms. The van der Waals surface area contributed by atoms with Crippen molar-refractivity contribution >= 4 is 0 Å². The van der Waals surface area contributed by atoms with E-state index >= 15 is 0 Å². The van der Waals surface area contributed by atoms with Gasteiger partial charge in [-0.2, -0.15) is 0 Å². The first-order valence-corrected chi connectivity index (χ1v) is 5.78. The molecule has 0 aliphatic heterocycles. The molecular formula is C14H15F2NO. The highest BCUT2D eigenvalue weighted by Crippen LogP contribution is 2.29. The number of hydrogen-bond acceptors (Lipinski definition) is 2. The third-order valence-corrected chi connectivity index (χ3v) is 2.72. The Balaban J connectivity index is 2.43. The van der Waals surface area contributed by atoms with Crippen LogP contribution in [0.5, 0.6) is 0 Å². The summed E-state index contributed by atoms with van der Waals surface area (Å²) in [6.07, 6.45) is 0.537. The van der Waals surface area contributed by atoms with Crippen molar-refractivity contribution in [1.29, 1.82) is 0 Å². The van der Waals surface area contributed by atoms with Crippen LogP contribution in [-0.2, 0) is 6.42 Å². The van der Waals surface area contributed by atoms with Crippen molar-refractivity contribution < 1.29 is 13.2 Å². The molecule has 0 fully saturated rings. The molecule has 2 aromatic rings. The zero-order valence-electron chi connectivity index (χ0n) is 10.3. The number of nitrogens with two attached hydrogens (primary N) is 1. The SMILES string of the molecule is Cc1ccc(F)c(-c2ccc(CC(C)N)o2)c1F. The molecule has 1 heterocycles. The Labute approximate surface area is 104 Å². The van der Waals surface area contributed by atoms with Gasteiger partial charge in [0.1, 0.15) is 23.2 Å². The second kappa shape index (κ2) is 4.90. The van der Waals surface area contributed by atoms with Gasteiger partial charge >= 0.3 is 0 Å². The van der Waals surface area contributed by atoms with E-state index < -0.39 is 11.6 Å². The van der Waals surface area contributed by atoms with Gasteiger partial charge in [-0.3, -0.25) is 0 Å². The molecule has 0 aliphatic carbocycles. The Morgan fingerprint density at radius 1 is 1.22 bits per heavy atom. The van der Waals surface area contributed by atoms with Gasteiger partial charge in [-0.15, -0.1) is 0 Å². The van der Waals surface area contributed by atoms with Gasteiger partial charge in [0.05, 0.1) is 5.56 Å². The summed E-state index contributed by atoms with van der Waals surface area (Å²) >= 11 is 0. The van der Waals surface area contributed by atoms with Crippen molar-refractivity contribution in [2.75, 3.05) is 0 Å². The van der Waals surface area contributed by atoms with Crippen molar-refractivity contribution in [3.05, 3.63) is 47.2 Å². The summed E-state index contributed by atoms with van der Waals surface area (Å²) in [6, 6.07) is 5.84. The maximum Gasteiger partial charge on any atom is 0.140 e. The van der Waals surface area contributed by atoms with Gasteiger partial charge in [0.15, 0.2) is 0 Å². The summed E-state index contributed by atoms with van der Waals surface area (Å²) in [7, 11) is 0. The first-order valence-electron chi connectivity index (χ1n) is 5.78. The number of furan rings is 1. The number of benzene rings is 1. The molecule has 0 spiro atoms. The molecule has 1 unspecified atom stereocenters. The Bertz CT molecular complexity index is 561. The normalized spacial score (nSPS) is 12.7. The third kappa shape index (κ3) is 2.43. The molecule has 1 aromatic heterocycles. The summed E-state index contributed by atoms with van der Waals surface area (Å²) in [5.41, 5.74) is 5.91. The van der Waals surface area contributed by atoms with Crippen molar-refractivity contribution in [3.63, 3.8) is 0 Å². The smallest absolute Gasteiger partial charge is 0.140 e. The van der Waals surface area contributed by atoms with Crippen molar-refractivity contribution in [2.45, 2.75) is 26.3 Å². The Hall–Kier alpha value is -1.68. The van der Waals surface area contributed by atoms with Crippen LogP contribution in [0.1, 0.15) is 18.2 Å². The lowest BCUT2D eigenvalue weighted by atomic mass is 10.1. The number of halogens is 2. The summed E-state index contributed by atoms with van der Waals surface area (Å²) in [4.78, 5) is 0. The maximum atomic E-state index is 13.9. The van der Waals surface area contributed by atoms with E-state index in [0.29, 0.717) is 17.7 Å². The number of rotatable bonds is 3. The van der Waals surface area contributed by atoms with E-state index in [1.165, 1.54) is 12.1 Å². The highest BCUT2D eigenvalue weighted by molar-refractivity contribution is 5.60. The fourth-order valence-electron chi connectivity index (χ4n) is 1.82. The lowest BCUT2D eigenvalue weighted by Gasteiger charge is -2.05. The third-order valence-electron chi connectivity index (χ3n) is 2.72. The molecule has 2 N–H and O–H groups in total. The highest BCUT2D eigenvalue weighted by Gasteiger charge is 2.17. The van der Waals surface area contributed by atoms with E-state index in [0.717, 1.165) is 0 Å². The van der Waals surface area contributed by atoms with Crippen LogP contribution in [0.15, 0.2) is 28.7 Å². The van der Waals surface area contributed by atoms with Gasteiger partial charge in [-0.1, -0.05) is 6.07 Å². The highest BCUT2D eigenvalue weighted by atomic mass is 19.1. The fourth-order valence-corrected chi connectivity index (χ4v) is 1.82. The van der Waals surface area contributed by atoms with Crippen molar-refractivity contribution in [1.82, 2.24) is 0 Å². The summed E-state index contributed by atoms with van der Waals surface area (Å²) < 4.78 is 33.0. The van der Waals surface area contributed by atoms with E-state index in [1.54, 1.807) is 19.1 Å². The lowest BCUT2D eigenvalue weighted by Crippen LogP contribution is -2.17. The van der Waals surface area contributed by atoms with Gasteiger partial charge < -0.3 is 10.2 Å². The van der Waals surface area contributed by atoms with Crippen LogP contribution in [0.3, 0.4) is 0 Å². The maximum absolute atomic E-state index is 13.9. The van der Waals surface area contributed by atoms with Gasteiger partial charge in [-0.05, 0) is 37.6 Å². The van der Waals surface area contributed by atoms with E-state index in [2.05, 4.69) is 0 Å².